The maximum atomic E-state index is 6.18. The van der Waals surface area contributed by atoms with Gasteiger partial charge in [0.05, 0.1) is 5.69 Å². The molecule has 0 aromatic heterocycles. The molecule has 2 aromatic carbocycles. The van der Waals surface area contributed by atoms with Crippen LogP contribution >= 0.6 is 0 Å². The lowest BCUT2D eigenvalue weighted by atomic mass is 9.84. The van der Waals surface area contributed by atoms with Gasteiger partial charge >= 0.3 is 0 Å². The van der Waals surface area contributed by atoms with E-state index in [4.69, 9.17) is 5.73 Å². The number of nitrogens with two attached hydrogens (primary N) is 1. The fraction of sp³-hybridized carbons (Fsp3) is 0.250. The summed E-state index contributed by atoms with van der Waals surface area (Å²) in [6.45, 7) is 0. The Hall–Kier alpha value is -2.35. The Kier molecular flexibility index (Phi) is 3.30. The monoisotopic (exact) mass is 288 g/mol. The van der Waals surface area contributed by atoms with E-state index in [1.54, 1.807) is 0 Å². The molecule has 2 aliphatic rings. The van der Waals surface area contributed by atoms with Crippen LogP contribution in [0.5, 0.6) is 0 Å². The van der Waals surface area contributed by atoms with Gasteiger partial charge in [0.2, 0.25) is 0 Å². The van der Waals surface area contributed by atoms with Gasteiger partial charge < -0.3 is 5.73 Å². The molecule has 22 heavy (non-hydrogen) atoms. The fourth-order valence-corrected chi connectivity index (χ4v) is 3.74. The second-order valence-electron chi connectivity index (χ2n) is 6.24. The van der Waals surface area contributed by atoms with Crippen LogP contribution in [0.1, 0.15) is 41.9 Å². The summed E-state index contributed by atoms with van der Waals surface area (Å²) < 4.78 is 0. The van der Waals surface area contributed by atoms with E-state index in [-0.39, 0.29) is 0 Å². The van der Waals surface area contributed by atoms with Crippen LogP contribution in [-0.4, -0.2) is 5.84 Å². The van der Waals surface area contributed by atoms with Gasteiger partial charge in [-0.05, 0) is 41.5 Å². The molecule has 1 aliphatic heterocycles. The molecule has 110 valence electrons. The van der Waals surface area contributed by atoms with E-state index in [0.717, 1.165) is 11.5 Å². The highest BCUT2D eigenvalue weighted by Gasteiger charge is 2.35. The average molecular weight is 288 g/mol. The van der Waals surface area contributed by atoms with Crippen LogP contribution in [-0.2, 0) is 0 Å². The molecular formula is C20H20N2. The van der Waals surface area contributed by atoms with Gasteiger partial charge in [-0.3, -0.25) is 0 Å². The van der Waals surface area contributed by atoms with Gasteiger partial charge in [-0.2, -0.15) is 0 Å². The summed E-state index contributed by atoms with van der Waals surface area (Å²) in [4.78, 5) is 4.66. The Morgan fingerprint density at radius 3 is 2.55 bits per heavy atom. The Bertz CT molecular complexity index is 744. The normalized spacial score (nSPS) is 23.2. The van der Waals surface area contributed by atoms with Gasteiger partial charge in [-0.15, -0.1) is 0 Å². The summed E-state index contributed by atoms with van der Waals surface area (Å²) in [6.07, 6.45) is 7.97. The molecule has 1 heterocycles. The summed E-state index contributed by atoms with van der Waals surface area (Å²) in [5.41, 5.74) is 11.0. The van der Waals surface area contributed by atoms with Gasteiger partial charge in [-0.25, -0.2) is 4.99 Å². The van der Waals surface area contributed by atoms with E-state index in [0.29, 0.717) is 11.8 Å². The van der Waals surface area contributed by atoms with Crippen molar-refractivity contribution in [3.05, 3.63) is 65.2 Å². The third-order valence-corrected chi connectivity index (χ3v) is 4.87. The van der Waals surface area contributed by atoms with Crippen LogP contribution in [0.25, 0.3) is 12.2 Å². The first-order valence-corrected chi connectivity index (χ1v) is 8.02. The highest BCUT2D eigenvalue weighted by atomic mass is 14.9. The molecule has 0 spiro atoms. The zero-order chi connectivity index (χ0) is 14.9. The first kappa shape index (κ1) is 13.3. The van der Waals surface area contributed by atoms with E-state index < -0.39 is 0 Å². The zero-order valence-electron chi connectivity index (χ0n) is 12.6. The Labute approximate surface area is 131 Å². The standard InChI is InChI=1S/C20H20N2/c21-20-18-8-4-7-16(18)17-12-11-15(13-19(17)22-20)10-9-14-5-2-1-3-6-14/h1-3,5-6,9-13,16,18H,4,7-8H2,(H2,21,22)/b10-9+. The lowest BCUT2D eigenvalue weighted by Crippen LogP contribution is -2.28. The van der Waals surface area contributed by atoms with Crippen molar-refractivity contribution < 1.29 is 0 Å². The second-order valence-corrected chi connectivity index (χ2v) is 6.24. The molecular weight excluding hydrogens is 268 g/mol. The summed E-state index contributed by atoms with van der Waals surface area (Å²) >= 11 is 0. The van der Waals surface area contributed by atoms with Crippen LogP contribution < -0.4 is 5.73 Å². The maximum Gasteiger partial charge on any atom is 0.103 e. The van der Waals surface area contributed by atoms with Crippen LogP contribution in [0.2, 0.25) is 0 Å². The van der Waals surface area contributed by atoms with Crippen molar-refractivity contribution in [2.75, 3.05) is 0 Å². The molecule has 0 bridgehead atoms. The van der Waals surface area contributed by atoms with E-state index in [9.17, 15) is 0 Å². The fourth-order valence-electron chi connectivity index (χ4n) is 3.74. The van der Waals surface area contributed by atoms with E-state index in [1.165, 1.54) is 36.0 Å². The Morgan fingerprint density at radius 1 is 0.909 bits per heavy atom. The first-order valence-electron chi connectivity index (χ1n) is 8.02. The summed E-state index contributed by atoms with van der Waals surface area (Å²) in [7, 11) is 0. The van der Waals surface area contributed by atoms with Crippen LogP contribution in [0.4, 0.5) is 5.69 Å². The highest BCUT2D eigenvalue weighted by Crippen LogP contribution is 2.46. The topological polar surface area (TPSA) is 38.4 Å². The van der Waals surface area contributed by atoms with Crippen LogP contribution in [0, 0.1) is 5.92 Å². The van der Waals surface area contributed by atoms with Gasteiger partial charge in [0.1, 0.15) is 5.84 Å². The van der Waals surface area contributed by atoms with E-state index in [1.807, 2.05) is 6.07 Å². The number of amidine groups is 1. The minimum Gasteiger partial charge on any atom is -0.387 e. The number of hydrogen-bond acceptors (Lipinski definition) is 2. The molecule has 0 amide bonds. The molecule has 1 fully saturated rings. The van der Waals surface area contributed by atoms with Crippen molar-refractivity contribution in [2.45, 2.75) is 25.2 Å². The maximum absolute atomic E-state index is 6.18. The number of benzene rings is 2. The summed E-state index contributed by atoms with van der Waals surface area (Å²) in [5, 5.41) is 0. The number of aliphatic imine (C=N–C) groups is 1. The minimum atomic E-state index is 0.471. The SMILES string of the molecule is NC1=Nc2cc(/C=C/c3ccccc3)ccc2C2CCCC12. The lowest BCUT2D eigenvalue weighted by Gasteiger charge is -2.26. The third kappa shape index (κ3) is 2.35. The molecule has 4 rings (SSSR count). The predicted molar refractivity (Wildman–Crippen MR) is 93.2 cm³/mol. The average Bonchev–Trinajstić information content (AvgIpc) is 3.04. The van der Waals surface area contributed by atoms with Gasteiger partial charge in [0.25, 0.3) is 0 Å². The minimum absolute atomic E-state index is 0.471. The largest absolute Gasteiger partial charge is 0.387 e. The second kappa shape index (κ2) is 5.45. The molecule has 0 radical (unpaired) electrons. The van der Waals surface area contributed by atoms with Crippen LogP contribution in [0.15, 0.2) is 53.5 Å². The molecule has 0 saturated heterocycles. The first-order chi connectivity index (χ1) is 10.8. The predicted octanol–water partition coefficient (Wildman–Crippen LogP) is 4.74. The van der Waals surface area contributed by atoms with Crippen molar-refractivity contribution in [1.29, 1.82) is 0 Å². The molecule has 2 heteroatoms. The number of nitrogens with zero attached hydrogens (tertiary/aromatic N) is 1. The number of fused-ring (bicyclic) bond motifs is 3. The molecule has 2 atom stereocenters. The van der Waals surface area contributed by atoms with Crippen molar-refractivity contribution in [3.8, 4) is 0 Å². The summed E-state index contributed by atoms with van der Waals surface area (Å²) in [5.74, 6) is 1.89. The molecule has 2 N–H and O–H groups in total. The van der Waals surface area contributed by atoms with Gasteiger partial charge in [-0.1, -0.05) is 61.0 Å². The molecule has 2 aromatic rings. The van der Waals surface area contributed by atoms with Crippen molar-refractivity contribution in [1.82, 2.24) is 0 Å². The third-order valence-electron chi connectivity index (χ3n) is 4.87. The van der Waals surface area contributed by atoms with E-state index in [2.05, 4.69) is 59.6 Å². The highest BCUT2D eigenvalue weighted by molar-refractivity contribution is 5.89. The molecule has 2 nitrogen and oxygen atoms in total. The van der Waals surface area contributed by atoms with Gasteiger partial charge in [0, 0.05) is 5.92 Å². The molecule has 1 saturated carbocycles. The molecule has 2 unspecified atom stereocenters. The Morgan fingerprint density at radius 2 is 1.68 bits per heavy atom. The van der Waals surface area contributed by atoms with Crippen molar-refractivity contribution in [3.63, 3.8) is 0 Å². The van der Waals surface area contributed by atoms with Crippen LogP contribution in [0.3, 0.4) is 0 Å². The van der Waals surface area contributed by atoms with Crippen molar-refractivity contribution >= 4 is 23.7 Å². The smallest absolute Gasteiger partial charge is 0.103 e. The van der Waals surface area contributed by atoms with E-state index >= 15 is 0 Å². The molecule has 1 aliphatic carbocycles. The zero-order valence-corrected chi connectivity index (χ0v) is 12.6. The Balaban J connectivity index is 1.66. The van der Waals surface area contributed by atoms with Gasteiger partial charge in [0.15, 0.2) is 0 Å². The number of hydrogen-bond donors (Lipinski definition) is 1. The van der Waals surface area contributed by atoms with Crippen molar-refractivity contribution in [2.24, 2.45) is 16.6 Å². The summed E-state index contributed by atoms with van der Waals surface area (Å²) in [6, 6.07) is 17.0. The quantitative estimate of drug-likeness (QED) is 0.796. The number of rotatable bonds is 2. The lowest BCUT2D eigenvalue weighted by molar-refractivity contribution is 0.610.